The van der Waals surface area contributed by atoms with E-state index >= 15 is 0 Å². The smallest absolute Gasteiger partial charge is 0.153 e. The standard InChI is InChI=1S/C18H34O4S2/c1-17(2,3)16-9-8-14(12-24(16,21)22)11-18(4,5)15-7-6-10-23(19,20)13-15/h14-16H,6-13H2,1-5H3. The Kier molecular flexibility index (Phi) is 5.53. The zero-order chi connectivity index (χ0) is 18.4. The van der Waals surface area contributed by atoms with Crippen LogP contribution in [0, 0.1) is 22.7 Å². The lowest BCUT2D eigenvalue weighted by molar-refractivity contribution is 0.159. The van der Waals surface area contributed by atoms with Crippen molar-refractivity contribution < 1.29 is 16.8 Å². The van der Waals surface area contributed by atoms with Gasteiger partial charge in [-0.1, -0.05) is 34.6 Å². The average molecular weight is 379 g/mol. The van der Waals surface area contributed by atoms with Gasteiger partial charge in [-0.3, -0.25) is 0 Å². The van der Waals surface area contributed by atoms with E-state index in [0.29, 0.717) is 5.75 Å². The highest BCUT2D eigenvalue weighted by Gasteiger charge is 2.44. The lowest BCUT2D eigenvalue weighted by atomic mass is 9.71. The molecule has 0 bridgehead atoms. The van der Waals surface area contributed by atoms with Gasteiger partial charge in [0.25, 0.3) is 0 Å². The highest BCUT2D eigenvalue weighted by molar-refractivity contribution is 7.92. The lowest BCUT2D eigenvalue weighted by Crippen LogP contribution is -2.44. The zero-order valence-electron chi connectivity index (χ0n) is 15.8. The Balaban J connectivity index is 2.06. The number of hydrogen-bond acceptors (Lipinski definition) is 4. The van der Waals surface area contributed by atoms with Crippen LogP contribution in [0.15, 0.2) is 0 Å². The molecule has 0 radical (unpaired) electrons. The average Bonchev–Trinajstić information content (AvgIpc) is 2.34. The molecule has 0 aromatic rings. The quantitative estimate of drug-likeness (QED) is 0.754. The molecular weight excluding hydrogens is 344 g/mol. The Morgan fingerprint density at radius 2 is 1.50 bits per heavy atom. The zero-order valence-corrected chi connectivity index (χ0v) is 17.5. The van der Waals surface area contributed by atoms with Crippen molar-refractivity contribution >= 4 is 19.7 Å². The van der Waals surface area contributed by atoms with Crippen LogP contribution in [0.5, 0.6) is 0 Å². The summed E-state index contributed by atoms with van der Waals surface area (Å²) in [4.78, 5) is 0. The molecule has 24 heavy (non-hydrogen) atoms. The second-order valence-electron chi connectivity index (χ2n) is 9.77. The van der Waals surface area contributed by atoms with Crippen LogP contribution in [0.1, 0.15) is 66.7 Å². The number of sulfone groups is 2. The van der Waals surface area contributed by atoms with E-state index in [1.165, 1.54) is 0 Å². The Bertz CT molecular complexity index is 654. The fraction of sp³-hybridized carbons (Fsp3) is 1.00. The summed E-state index contributed by atoms with van der Waals surface area (Å²) < 4.78 is 49.3. The van der Waals surface area contributed by atoms with Gasteiger partial charge >= 0.3 is 0 Å². The predicted molar refractivity (Wildman–Crippen MR) is 99.5 cm³/mol. The molecule has 0 spiro atoms. The van der Waals surface area contributed by atoms with E-state index < -0.39 is 19.7 Å². The highest BCUT2D eigenvalue weighted by atomic mass is 32.2. The van der Waals surface area contributed by atoms with Crippen LogP contribution in [0.25, 0.3) is 0 Å². The fourth-order valence-corrected chi connectivity index (χ4v) is 9.53. The molecule has 0 saturated carbocycles. The van der Waals surface area contributed by atoms with Gasteiger partial charge in [-0.15, -0.1) is 0 Å². The van der Waals surface area contributed by atoms with Crippen molar-refractivity contribution in [3.63, 3.8) is 0 Å². The van der Waals surface area contributed by atoms with E-state index in [4.69, 9.17) is 0 Å². The number of rotatable bonds is 3. The normalized spacial score (nSPS) is 34.0. The minimum Gasteiger partial charge on any atom is -0.229 e. The van der Waals surface area contributed by atoms with Gasteiger partial charge in [0.15, 0.2) is 19.7 Å². The SMILES string of the molecule is CC(C)(C)C1CCC(CC(C)(C)C2CCCS(=O)(=O)C2)CS1(=O)=O. The number of hydrogen-bond donors (Lipinski definition) is 0. The van der Waals surface area contributed by atoms with Crippen LogP contribution in [0.4, 0.5) is 0 Å². The maximum absolute atomic E-state index is 12.7. The molecule has 0 N–H and O–H groups in total. The minimum absolute atomic E-state index is 0.123. The van der Waals surface area contributed by atoms with Crippen molar-refractivity contribution in [3.05, 3.63) is 0 Å². The van der Waals surface area contributed by atoms with E-state index in [2.05, 4.69) is 13.8 Å². The molecule has 2 rings (SSSR count). The highest BCUT2D eigenvalue weighted by Crippen LogP contribution is 2.44. The van der Waals surface area contributed by atoms with Crippen LogP contribution in [-0.4, -0.2) is 39.3 Å². The molecule has 3 unspecified atom stereocenters. The summed E-state index contributed by atoms with van der Waals surface area (Å²) in [6.45, 7) is 10.3. The first-order valence-corrected chi connectivity index (χ1v) is 12.7. The molecule has 0 amide bonds. The van der Waals surface area contributed by atoms with Crippen molar-refractivity contribution in [2.75, 3.05) is 17.3 Å². The van der Waals surface area contributed by atoms with E-state index in [-0.39, 0.29) is 39.4 Å². The fourth-order valence-electron chi connectivity index (χ4n) is 4.78. The molecule has 0 aliphatic carbocycles. The second kappa shape index (κ2) is 6.57. The van der Waals surface area contributed by atoms with E-state index in [0.717, 1.165) is 32.1 Å². The molecule has 0 aromatic carbocycles. The molecule has 2 aliphatic rings. The predicted octanol–water partition coefficient (Wildman–Crippen LogP) is 3.47. The van der Waals surface area contributed by atoms with Crippen LogP contribution in [0.2, 0.25) is 0 Å². The summed E-state index contributed by atoms with van der Waals surface area (Å²) in [6.07, 6.45) is 4.16. The van der Waals surface area contributed by atoms with Gasteiger partial charge in [-0.05, 0) is 54.8 Å². The van der Waals surface area contributed by atoms with Gasteiger partial charge in [0, 0.05) is 0 Å². The van der Waals surface area contributed by atoms with Crippen molar-refractivity contribution in [1.29, 1.82) is 0 Å². The van der Waals surface area contributed by atoms with E-state index in [9.17, 15) is 16.8 Å². The Hall–Kier alpha value is -0.100. The molecule has 3 atom stereocenters. The maximum atomic E-state index is 12.7. The summed E-state index contributed by atoms with van der Waals surface area (Å²) in [5.74, 6) is 1.15. The molecule has 2 saturated heterocycles. The van der Waals surface area contributed by atoms with Gasteiger partial charge in [-0.2, -0.15) is 0 Å². The molecule has 2 fully saturated rings. The Morgan fingerprint density at radius 1 is 0.875 bits per heavy atom. The molecule has 142 valence electrons. The third-order valence-corrected chi connectivity index (χ3v) is 10.7. The summed E-state index contributed by atoms with van der Waals surface area (Å²) in [6, 6.07) is 0. The molecule has 2 heterocycles. The van der Waals surface area contributed by atoms with E-state index in [1.807, 2.05) is 20.8 Å². The summed E-state index contributed by atoms with van der Waals surface area (Å²) in [5.41, 5.74) is -0.334. The second-order valence-corrected chi connectivity index (χ2v) is 14.2. The van der Waals surface area contributed by atoms with Crippen LogP contribution < -0.4 is 0 Å². The summed E-state index contributed by atoms with van der Waals surface area (Å²) >= 11 is 0. The van der Waals surface area contributed by atoms with Gasteiger partial charge in [-0.25, -0.2) is 16.8 Å². The van der Waals surface area contributed by atoms with Crippen molar-refractivity contribution in [3.8, 4) is 0 Å². The first kappa shape index (κ1) is 20.2. The van der Waals surface area contributed by atoms with Gasteiger partial charge in [0.05, 0.1) is 22.5 Å². The topological polar surface area (TPSA) is 68.3 Å². The van der Waals surface area contributed by atoms with Crippen LogP contribution in [-0.2, 0) is 19.7 Å². The Labute approximate surface area is 148 Å². The first-order valence-electron chi connectivity index (χ1n) is 9.15. The third kappa shape index (κ3) is 4.75. The summed E-state index contributed by atoms with van der Waals surface area (Å²) in [7, 11) is -6.00. The van der Waals surface area contributed by atoms with Crippen molar-refractivity contribution in [2.24, 2.45) is 22.7 Å². The van der Waals surface area contributed by atoms with E-state index in [1.54, 1.807) is 0 Å². The molecule has 0 aromatic heterocycles. The van der Waals surface area contributed by atoms with Gasteiger partial charge in [0.1, 0.15) is 0 Å². The molecular formula is C18H34O4S2. The van der Waals surface area contributed by atoms with Gasteiger partial charge in [0.2, 0.25) is 0 Å². The first-order chi connectivity index (χ1) is 10.7. The third-order valence-electron chi connectivity index (χ3n) is 6.09. The molecule has 4 nitrogen and oxygen atoms in total. The van der Waals surface area contributed by atoms with Crippen molar-refractivity contribution in [2.45, 2.75) is 72.0 Å². The van der Waals surface area contributed by atoms with Crippen molar-refractivity contribution in [1.82, 2.24) is 0 Å². The van der Waals surface area contributed by atoms with Crippen LogP contribution >= 0.6 is 0 Å². The monoisotopic (exact) mass is 378 g/mol. The largest absolute Gasteiger partial charge is 0.229 e. The summed E-state index contributed by atoms with van der Waals surface area (Å²) in [5, 5.41) is -0.251. The Morgan fingerprint density at radius 3 is 2.00 bits per heavy atom. The van der Waals surface area contributed by atoms with Crippen LogP contribution in [0.3, 0.4) is 0 Å². The lowest BCUT2D eigenvalue weighted by Gasteiger charge is -2.42. The molecule has 2 aliphatic heterocycles. The molecule has 6 heteroatoms. The van der Waals surface area contributed by atoms with Gasteiger partial charge < -0.3 is 0 Å². The maximum Gasteiger partial charge on any atom is 0.153 e. The minimum atomic E-state index is -3.07.